The predicted octanol–water partition coefficient (Wildman–Crippen LogP) is 2.13. The van der Waals surface area contributed by atoms with Crippen molar-refractivity contribution in [1.29, 1.82) is 0 Å². The summed E-state index contributed by atoms with van der Waals surface area (Å²) in [5.74, 6) is 0.809. The van der Waals surface area contributed by atoms with Gasteiger partial charge in [0.15, 0.2) is 0 Å². The van der Waals surface area contributed by atoms with Crippen LogP contribution in [0.3, 0.4) is 0 Å². The minimum atomic E-state index is 0.150. The van der Waals surface area contributed by atoms with Crippen molar-refractivity contribution < 1.29 is 4.74 Å². The lowest BCUT2D eigenvalue weighted by Crippen LogP contribution is -2.17. The van der Waals surface area contributed by atoms with E-state index < -0.39 is 0 Å². The average molecular weight is 216 g/mol. The summed E-state index contributed by atoms with van der Waals surface area (Å²) in [5.41, 5.74) is 7.96. The number of hydrogen-bond acceptors (Lipinski definition) is 3. The minimum Gasteiger partial charge on any atom is -0.494 e. The zero-order chi connectivity index (χ0) is 11.5. The SMILES string of the molecule is COc1ccc(CC(C)N)c2cccnc12. The molecule has 0 radical (unpaired) electrons. The molecule has 1 heterocycles. The number of nitrogens with zero attached hydrogens (tertiary/aromatic N) is 1. The Morgan fingerprint density at radius 1 is 1.38 bits per heavy atom. The monoisotopic (exact) mass is 216 g/mol. The molecular weight excluding hydrogens is 200 g/mol. The molecule has 2 N–H and O–H groups in total. The maximum atomic E-state index is 5.83. The van der Waals surface area contributed by atoms with Crippen LogP contribution in [0.5, 0.6) is 5.75 Å². The highest BCUT2D eigenvalue weighted by molar-refractivity contribution is 5.87. The summed E-state index contributed by atoms with van der Waals surface area (Å²) < 4.78 is 5.29. The first kappa shape index (κ1) is 10.9. The van der Waals surface area contributed by atoms with Gasteiger partial charge in [-0.1, -0.05) is 12.1 Å². The molecule has 3 nitrogen and oxygen atoms in total. The zero-order valence-corrected chi connectivity index (χ0v) is 9.60. The summed E-state index contributed by atoms with van der Waals surface area (Å²) in [6.07, 6.45) is 2.63. The fourth-order valence-corrected chi connectivity index (χ4v) is 1.90. The van der Waals surface area contributed by atoms with E-state index >= 15 is 0 Å². The highest BCUT2D eigenvalue weighted by Crippen LogP contribution is 2.26. The first-order valence-electron chi connectivity index (χ1n) is 5.38. The molecule has 0 aliphatic carbocycles. The van der Waals surface area contributed by atoms with E-state index in [4.69, 9.17) is 10.5 Å². The third kappa shape index (κ3) is 1.99. The summed E-state index contributed by atoms with van der Waals surface area (Å²) in [7, 11) is 1.66. The largest absolute Gasteiger partial charge is 0.494 e. The lowest BCUT2D eigenvalue weighted by molar-refractivity contribution is 0.418. The van der Waals surface area contributed by atoms with Gasteiger partial charge in [0.2, 0.25) is 0 Å². The maximum absolute atomic E-state index is 5.83. The number of rotatable bonds is 3. The van der Waals surface area contributed by atoms with Gasteiger partial charge in [0.1, 0.15) is 11.3 Å². The third-order valence-electron chi connectivity index (χ3n) is 2.58. The van der Waals surface area contributed by atoms with Crippen LogP contribution in [0.1, 0.15) is 12.5 Å². The van der Waals surface area contributed by atoms with Gasteiger partial charge in [-0.3, -0.25) is 4.98 Å². The zero-order valence-electron chi connectivity index (χ0n) is 9.60. The molecular formula is C13H16N2O. The molecule has 16 heavy (non-hydrogen) atoms. The number of aromatic nitrogens is 1. The molecule has 3 heteroatoms. The van der Waals surface area contributed by atoms with E-state index in [0.717, 1.165) is 23.1 Å². The molecule has 1 atom stereocenters. The van der Waals surface area contributed by atoms with Gasteiger partial charge in [-0.05, 0) is 31.0 Å². The Kier molecular flexibility index (Phi) is 3.06. The molecule has 0 aliphatic rings. The number of methoxy groups -OCH3 is 1. The van der Waals surface area contributed by atoms with E-state index in [9.17, 15) is 0 Å². The second-order valence-electron chi connectivity index (χ2n) is 4.01. The predicted molar refractivity (Wildman–Crippen MR) is 65.6 cm³/mol. The molecule has 1 unspecified atom stereocenters. The van der Waals surface area contributed by atoms with Gasteiger partial charge < -0.3 is 10.5 Å². The van der Waals surface area contributed by atoms with Crippen LogP contribution in [0.4, 0.5) is 0 Å². The van der Waals surface area contributed by atoms with Gasteiger partial charge in [-0.15, -0.1) is 0 Å². The van der Waals surface area contributed by atoms with E-state index in [-0.39, 0.29) is 6.04 Å². The number of benzene rings is 1. The minimum absolute atomic E-state index is 0.150. The van der Waals surface area contributed by atoms with Crippen molar-refractivity contribution in [3.05, 3.63) is 36.0 Å². The quantitative estimate of drug-likeness (QED) is 0.855. The van der Waals surface area contributed by atoms with Crippen LogP contribution in [-0.2, 0) is 6.42 Å². The van der Waals surface area contributed by atoms with E-state index in [1.54, 1.807) is 13.3 Å². The van der Waals surface area contributed by atoms with Crippen molar-refractivity contribution in [2.45, 2.75) is 19.4 Å². The van der Waals surface area contributed by atoms with Crippen LogP contribution in [0.25, 0.3) is 10.9 Å². The normalized spacial score (nSPS) is 12.7. The average Bonchev–Trinajstić information content (AvgIpc) is 2.29. The van der Waals surface area contributed by atoms with Crippen LogP contribution in [-0.4, -0.2) is 18.1 Å². The van der Waals surface area contributed by atoms with Crippen molar-refractivity contribution >= 4 is 10.9 Å². The van der Waals surface area contributed by atoms with Crippen LogP contribution in [0.2, 0.25) is 0 Å². The van der Waals surface area contributed by atoms with Crippen LogP contribution in [0, 0.1) is 0 Å². The number of hydrogen-bond donors (Lipinski definition) is 1. The lowest BCUT2D eigenvalue weighted by Gasteiger charge is -2.11. The summed E-state index contributed by atoms with van der Waals surface area (Å²) in [4.78, 5) is 4.35. The molecule has 0 amide bonds. The summed E-state index contributed by atoms with van der Waals surface area (Å²) in [5, 5.41) is 1.12. The van der Waals surface area contributed by atoms with E-state index in [2.05, 4.69) is 17.1 Å². The van der Waals surface area contributed by atoms with E-state index in [1.165, 1.54) is 5.56 Å². The molecule has 1 aromatic heterocycles. The molecule has 0 saturated carbocycles. The first-order valence-corrected chi connectivity index (χ1v) is 5.38. The second-order valence-corrected chi connectivity index (χ2v) is 4.01. The number of fused-ring (bicyclic) bond motifs is 1. The fourth-order valence-electron chi connectivity index (χ4n) is 1.90. The van der Waals surface area contributed by atoms with Crippen LogP contribution >= 0.6 is 0 Å². The Hall–Kier alpha value is -1.61. The van der Waals surface area contributed by atoms with Crippen LogP contribution < -0.4 is 10.5 Å². The van der Waals surface area contributed by atoms with Crippen molar-refractivity contribution in [3.63, 3.8) is 0 Å². The third-order valence-corrected chi connectivity index (χ3v) is 2.58. The van der Waals surface area contributed by atoms with Gasteiger partial charge in [0.05, 0.1) is 7.11 Å². The van der Waals surface area contributed by atoms with Crippen molar-refractivity contribution in [2.24, 2.45) is 5.73 Å². The number of pyridine rings is 1. The molecule has 0 aliphatic heterocycles. The molecule has 0 saturated heterocycles. The van der Waals surface area contributed by atoms with Gasteiger partial charge in [0, 0.05) is 17.6 Å². The molecule has 84 valence electrons. The lowest BCUT2D eigenvalue weighted by atomic mass is 10.0. The Labute approximate surface area is 95.2 Å². The Balaban J connectivity index is 2.60. The first-order chi connectivity index (χ1) is 7.72. The molecule has 0 spiro atoms. The van der Waals surface area contributed by atoms with Gasteiger partial charge >= 0.3 is 0 Å². The van der Waals surface area contributed by atoms with E-state index in [0.29, 0.717) is 0 Å². The van der Waals surface area contributed by atoms with Gasteiger partial charge in [-0.25, -0.2) is 0 Å². The van der Waals surface area contributed by atoms with Crippen molar-refractivity contribution in [1.82, 2.24) is 4.98 Å². The fraction of sp³-hybridized carbons (Fsp3) is 0.308. The van der Waals surface area contributed by atoms with E-state index in [1.807, 2.05) is 19.1 Å². The molecule has 2 rings (SSSR count). The van der Waals surface area contributed by atoms with Gasteiger partial charge in [-0.2, -0.15) is 0 Å². The smallest absolute Gasteiger partial charge is 0.145 e. The highest BCUT2D eigenvalue weighted by Gasteiger charge is 2.08. The molecule has 0 bridgehead atoms. The molecule has 1 aromatic carbocycles. The number of ether oxygens (including phenoxy) is 1. The topological polar surface area (TPSA) is 48.1 Å². The second kappa shape index (κ2) is 4.49. The summed E-state index contributed by atoms with van der Waals surface area (Å²) in [6.45, 7) is 2.01. The standard InChI is InChI=1S/C13H16N2O/c1-9(14)8-10-5-6-12(16-2)13-11(10)4-3-7-15-13/h3-7,9H,8,14H2,1-2H3. The molecule has 0 fully saturated rings. The number of nitrogens with two attached hydrogens (primary N) is 1. The molecule has 2 aromatic rings. The maximum Gasteiger partial charge on any atom is 0.145 e. The highest BCUT2D eigenvalue weighted by atomic mass is 16.5. The Bertz CT molecular complexity index is 494. The Morgan fingerprint density at radius 2 is 2.19 bits per heavy atom. The Morgan fingerprint density at radius 3 is 2.88 bits per heavy atom. The van der Waals surface area contributed by atoms with Crippen molar-refractivity contribution in [2.75, 3.05) is 7.11 Å². The summed E-state index contributed by atoms with van der Waals surface area (Å²) in [6, 6.07) is 8.16. The van der Waals surface area contributed by atoms with Crippen molar-refractivity contribution in [3.8, 4) is 5.75 Å². The van der Waals surface area contributed by atoms with Gasteiger partial charge in [0.25, 0.3) is 0 Å². The van der Waals surface area contributed by atoms with Crippen LogP contribution in [0.15, 0.2) is 30.5 Å². The summed E-state index contributed by atoms with van der Waals surface area (Å²) >= 11 is 0.